The van der Waals surface area contributed by atoms with Gasteiger partial charge >= 0.3 is 5.97 Å². The van der Waals surface area contributed by atoms with Crippen molar-refractivity contribution < 1.29 is 9.90 Å². The van der Waals surface area contributed by atoms with Gasteiger partial charge in [-0.2, -0.15) is 0 Å². The number of rotatable bonds is 4. The van der Waals surface area contributed by atoms with E-state index < -0.39 is 5.97 Å². The van der Waals surface area contributed by atoms with Gasteiger partial charge in [-0.25, -0.2) is 0 Å². The molecule has 2 unspecified atom stereocenters. The Bertz CT molecular complexity index is 565. The number of hydrogen-bond acceptors (Lipinski definition) is 2. The molecule has 0 radical (unpaired) electrons. The average molecular weight is 243 g/mol. The zero-order valence-electron chi connectivity index (χ0n) is 10.6. The fourth-order valence-electron chi connectivity index (χ4n) is 1.97. The van der Waals surface area contributed by atoms with Gasteiger partial charge in [0.15, 0.2) is 0 Å². The summed E-state index contributed by atoms with van der Waals surface area (Å²) in [6.45, 7) is 3.70. The number of aromatic nitrogens is 1. The molecule has 0 spiro atoms. The van der Waals surface area contributed by atoms with Crippen molar-refractivity contribution in [2.24, 2.45) is 11.8 Å². The summed E-state index contributed by atoms with van der Waals surface area (Å²) < 4.78 is 0. The Labute approximate surface area is 106 Å². The van der Waals surface area contributed by atoms with Crippen LogP contribution in [-0.2, 0) is 11.2 Å². The Hall–Kier alpha value is -1.90. The lowest BCUT2D eigenvalue weighted by molar-refractivity contribution is -0.142. The van der Waals surface area contributed by atoms with Gasteiger partial charge in [0.05, 0.1) is 11.4 Å². The lowest BCUT2D eigenvalue weighted by Gasteiger charge is -2.15. The molecule has 2 atom stereocenters. The molecule has 2 aromatic rings. The summed E-state index contributed by atoms with van der Waals surface area (Å²) in [7, 11) is 0. The summed E-state index contributed by atoms with van der Waals surface area (Å²) in [5.41, 5.74) is 1.92. The van der Waals surface area contributed by atoms with Crippen molar-refractivity contribution in [1.29, 1.82) is 0 Å². The predicted molar refractivity (Wildman–Crippen MR) is 71.4 cm³/mol. The van der Waals surface area contributed by atoms with E-state index >= 15 is 0 Å². The van der Waals surface area contributed by atoms with Crippen LogP contribution in [0.1, 0.15) is 19.5 Å². The second-order valence-electron chi connectivity index (χ2n) is 4.80. The highest BCUT2D eigenvalue weighted by Gasteiger charge is 2.19. The highest BCUT2D eigenvalue weighted by atomic mass is 16.4. The third-order valence-corrected chi connectivity index (χ3v) is 3.43. The number of carbonyl (C=O) groups is 1. The first-order valence-electron chi connectivity index (χ1n) is 6.15. The summed E-state index contributed by atoms with van der Waals surface area (Å²) in [6, 6.07) is 12.0. The minimum atomic E-state index is -0.747. The van der Waals surface area contributed by atoms with Gasteiger partial charge in [0.25, 0.3) is 0 Å². The smallest absolute Gasteiger partial charge is 0.306 e. The number of carboxylic acids is 1. The van der Waals surface area contributed by atoms with Crippen LogP contribution in [0.3, 0.4) is 0 Å². The molecule has 1 aromatic heterocycles. The van der Waals surface area contributed by atoms with E-state index in [9.17, 15) is 4.79 Å². The van der Waals surface area contributed by atoms with Crippen molar-refractivity contribution in [3.63, 3.8) is 0 Å². The fourth-order valence-corrected chi connectivity index (χ4v) is 1.97. The van der Waals surface area contributed by atoms with Crippen molar-refractivity contribution in [1.82, 2.24) is 4.98 Å². The SMILES string of the molecule is CC(Cc1ccc2ccccc2n1)C(C)C(=O)O. The molecule has 3 nitrogen and oxygen atoms in total. The number of para-hydroxylation sites is 1. The Balaban J connectivity index is 2.19. The van der Waals surface area contributed by atoms with Crippen LogP contribution in [0.25, 0.3) is 10.9 Å². The van der Waals surface area contributed by atoms with Crippen molar-refractivity contribution in [2.45, 2.75) is 20.3 Å². The van der Waals surface area contributed by atoms with Gasteiger partial charge < -0.3 is 5.11 Å². The van der Waals surface area contributed by atoms with Gasteiger partial charge in [0.2, 0.25) is 0 Å². The first kappa shape index (κ1) is 12.6. The van der Waals surface area contributed by atoms with Crippen LogP contribution < -0.4 is 0 Å². The quantitative estimate of drug-likeness (QED) is 0.897. The Morgan fingerprint density at radius 3 is 2.67 bits per heavy atom. The zero-order chi connectivity index (χ0) is 13.1. The fraction of sp³-hybridized carbons (Fsp3) is 0.333. The average Bonchev–Trinajstić information content (AvgIpc) is 2.37. The van der Waals surface area contributed by atoms with Crippen LogP contribution in [0.4, 0.5) is 0 Å². The number of benzene rings is 1. The molecule has 0 bridgehead atoms. The largest absolute Gasteiger partial charge is 0.481 e. The molecule has 1 aromatic carbocycles. The van der Waals surface area contributed by atoms with E-state index in [0.717, 1.165) is 16.6 Å². The van der Waals surface area contributed by atoms with Gasteiger partial charge in [0, 0.05) is 11.1 Å². The molecule has 0 saturated carbocycles. The summed E-state index contributed by atoms with van der Waals surface area (Å²) in [6.07, 6.45) is 0.693. The molecule has 0 aliphatic heterocycles. The topological polar surface area (TPSA) is 50.2 Å². The molecule has 1 N–H and O–H groups in total. The highest BCUT2D eigenvalue weighted by molar-refractivity contribution is 5.78. The minimum absolute atomic E-state index is 0.0798. The van der Waals surface area contributed by atoms with Crippen LogP contribution in [0.15, 0.2) is 36.4 Å². The van der Waals surface area contributed by atoms with Gasteiger partial charge in [-0.05, 0) is 24.5 Å². The molecule has 94 valence electrons. The third-order valence-electron chi connectivity index (χ3n) is 3.43. The van der Waals surface area contributed by atoms with E-state index in [1.165, 1.54) is 0 Å². The van der Waals surface area contributed by atoms with Crippen LogP contribution >= 0.6 is 0 Å². The number of fused-ring (bicyclic) bond motifs is 1. The Morgan fingerprint density at radius 2 is 1.94 bits per heavy atom. The van der Waals surface area contributed by atoms with Crippen LogP contribution in [0.5, 0.6) is 0 Å². The maximum absolute atomic E-state index is 10.9. The molecule has 1 heterocycles. The van der Waals surface area contributed by atoms with Crippen LogP contribution in [0.2, 0.25) is 0 Å². The maximum Gasteiger partial charge on any atom is 0.306 e. The van der Waals surface area contributed by atoms with E-state index in [2.05, 4.69) is 4.98 Å². The predicted octanol–water partition coefficient (Wildman–Crippen LogP) is 3.13. The lowest BCUT2D eigenvalue weighted by atomic mass is 9.91. The van der Waals surface area contributed by atoms with Crippen molar-refractivity contribution >= 4 is 16.9 Å². The molecule has 18 heavy (non-hydrogen) atoms. The Morgan fingerprint density at radius 1 is 1.22 bits per heavy atom. The zero-order valence-corrected chi connectivity index (χ0v) is 10.6. The molecule has 0 fully saturated rings. The van der Waals surface area contributed by atoms with E-state index in [1.807, 2.05) is 43.3 Å². The molecule has 3 heteroatoms. The maximum atomic E-state index is 10.9. The second-order valence-corrected chi connectivity index (χ2v) is 4.80. The number of nitrogens with zero attached hydrogens (tertiary/aromatic N) is 1. The van der Waals surface area contributed by atoms with Gasteiger partial charge in [0.1, 0.15) is 0 Å². The first-order valence-corrected chi connectivity index (χ1v) is 6.15. The number of hydrogen-bond donors (Lipinski definition) is 1. The minimum Gasteiger partial charge on any atom is -0.481 e. The van der Waals surface area contributed by atoms with Crippen LogP contribution in [0, 0.1) is 11.8 Å². The molecule has 2 rings (SSSR count). The van der Waals surface area contributed by atoms with E-state index in [4.69, 9.17) is 5.11 Å². The van der Waals surface area contributed by atoms with Gasteiger partial charge in [-0.3, -0.25) is 9.78 Å². The highest BCUT2D eigenvalue weighted by Crippen LogP contribution is 2.18. The normalized spacial score (nSPS) is 14.3. The van der Waals surface area contributed by atoms with Crippen molar-refractivity contribution in [3.8, 4) is 0 Å². The van der Waals surface area contributed by atoms with E-state index in [0.29, 0.717) is 6.42 Å². The van der Waals surface area contributed by atoms with E-state index in [1.54, 1.807) is 6.92 Å². The third kappa shape index (κ3) is 2.67. The molecular formula is C15H17NO2. The number of carboxylic acid groups (broad SMARTS) is 1. The number of pyridine rings is 1. The molecule has 0 aliphatic carbocycles. The van der Waals surface area contributed by atoms with Gasteiger partial charge in [-0.1, -0.05) is 38.1 Å². The van der Waals surface area contributed by atoms with Gasteiger partial charge in [-0.15, -0.1) is 0 Å². The lowest BCUT2D eigenvalue weighted by Crippen LogP contribution is -2.20. The van der Waals surface area contributed by atoms with Crippen molar-refractivity contribution in [3.05, 3.63) is 42.1 Å². The van der Waals surface area contributed by atoms with E-state index in [-0.39, 0.29) is 11.8 Å². The van der Waals surface area contributed by atoms with Crippen molar-refractivity contribution in [2.75, 3.05) is 0 Å². The summed E-state index contributed by atoms with van der Waals surface area (Å²) in [4.78, 5) is 15.5. The molecule has 0 aliphatic rings. The molecular weight excluding hydrogens is 226 g/mol. The second kappa shape index (κ2) is 5.17. The van der Waals surface area contributed by atoms with Crippen LogP contribution in [-0.4, -0.2) is 16.1 Å². The molecule has 0 saturated heterocycles. The first-order chi connectivity index (χ1) is 8.58. The summed E-state index contributed by atoms with van der Waals surface area (Å²) in [5, 5.41) is 10.1. The standard InChI is InChI=1S/C15H17NO2/c1-10(11(2)15(17)18)9-13-8-7-12-5-3-4-6-14(12)16-13/h3-8,10-11H,9H2,1-2H3,(H,17,18). The Kier molecular flexibility index (Phi) is 3.60. The summed E-state index contributed by atoms with van der Waals surface area (Å²) >= 11 is 0. The number of aliphatic carboxylic acids is 1. The monoisotopic (exact) mass is 243 g/mol. The molecule has 0 amide bonds. The summed E-state index contributed by atoms with van der Waals surface area (Å²) in [5.74, 6) is -1.02.